The van der Waals surface area contributed by atoms with E-state index in [1.165, 1.54) is 0 Å². The highest BCUT2D eigenvalue weighted by atomic mass is 35.5. The molecule has 0 unspecified atom stereocenters. The molecule has 0 atom stereocenters. The third-order valence-corrected chi connectivity index (χ3v) is 4.49. The van der Waals surface area contributed by atoms with Crippen molar-refractivity contribution in [2.45, 2.75) is 32.7 Å². The molecular formula is C9H18ClNO2S. The highest BCUT2D eigenvalue weighted by molar-refractivity contribution is 7.89. The van der Waals surface area contributed by atoms with Crippen LogP contribution in [0.1, 0.15) is 26.7 Å². The van der Waals surface area contributed by atoms with E-state index in [-0.39, 0.29) is 17.7 Å². The number of alkyl halides is 1. The number of nitrogens with zero attached hydrogens (tertiary/aromatic N) is 1. The van der Waals surface area contributed by atoms with Crippen molar-refractivity contribution >= 4 is 21.6 Å². The molecule has 0 spiro atoms. The summed E-state index contributed by atoms with van der Waals surface area (Å²) in [6.07, 6.45) is 2.02. The van der Waals surface area contributed by atoms with Crippen LogP contribution in [0.5, 0.6) is 0 Å². The Morgan fingerprint density at radius 2 is 2.00 bits per heavy atom. The minimum absolute atomic E-state index is 0.0672. The lowest BCUT2D eigenvalue weighted by Crippen LogP contribution is -2.38. The average Bonchev–Trinajstić information content (AvgIpc) is 2.81. The molecule has 1 rings (SSSR count). The predicted molar refractivity (Wildman–Crippen MR) is 59.1 cm³/mol. The van der Waals surface area contributed by atoms with E-state index in [9.17, 15) is 8.42 Å². The standard InChI is InChI=1S/C9H18ClNO2S/c1-8(2)7-11(9-3-4-9)14(12,13)6-5-10/h8-9H,3-7H2,1-2H3. The van der Waals surface area contributed by atoms with Gasteiger partial charge in [-0.1, -0.05) is 13.8 Å². The summed E-state index contributed by atoms with van der Waals surface area (Å²) >= 11 is 5.49. The van der Waals surface area contributed by atoms with E-state index >= 15 is 0 Å². The minimum Gasteiger partial charge on any atom is -0.212 e. The van der Waals surface area contributed by atoms with Gasteiger partial charge in [0.25, 0.3) is 0 Å². The van der Waals surface area contributed by atoms with Gasteiger partial charge in [-0.05, 0) is 18.8 Å². The third kappa shape index (κ3) is 3.41. The van der Waals surface area contributed by atoms with Gasteiger partial charge in [-0.15, -0.1) is 11.6 Å². The van der Waals surface area contributed by atoms with E-state index in [2.05, 4.69) is 0 Å². The molecule has 0 bridgehead atoms. The second kappa shape index (κ2) is 4.81. The van der Waals surface area contributed by atoms with Crippen LogP contribution < -0.4 is 0 Å². The van der Waals surface area contributed by atoms with E-state index in [0.717, 1.165) is 12.8 Å². The SMILES string of the molecule is CC(C)CN(C1CC1)S(=O)(=O)CCCl. The van der Waals surface area contributed by atoms with Crippen molar-refractivity contribution in [1.29, 1.82) is 0 Å². The maximum absolute atomic E-state index is 11.8. The molecule has 3 nitrogen and oxygen atoms in total. The lowest BCUT2D eigenvalue weighted by Gasteiger charge is -2.23. The predicted octanol–water partition coefficient (Wildman–Crippen LogP) is 1.68. The summed E-state index contributed by atoms with van der Waals surface area (Å²) in [4.78, 5) is 0. The number of rotatable bonds is 6. The molecule has 0 radical (unpaired) electrons. The molecule has 1 saturated carbocycles. The van der Waals surface area contributed by atoms with Crippen LogP contribution in [0, 0.1) is 5.92 Å². The van der Waals surface area contributed by atoms with Gasteiger partial charge in [0.15, 0.2) is 0 Å². The first kappa shape index (κ1) is 12.3. The molecule has 0 heterocycles. The first-order valence-corrected chi connectivity index (χ1v) is 7.17. The zero-order valence-electron chi connectivity index (χ0n) is 8.74. The Labute approximate surface area is 91.5 Å². The first-order valence-electron chi connectivity index (χ1n) is 5.03. The summed E-state index contributed by atoms with van der Waals surface area (Å²) in [7, 11) is -3.10. The van der Waals surface area contributed by atoms with Crippen LogP contribution in [-0.2, 0) is 10.0 Å². The molecule has 0 amide bonds. The molecule has 1 aliphatic carbocycles. The highest BCUT2D eigenvalue weighted by Gasteiger charge is 2.36. The van der Waals surface area contributed by atoms with Crippen LogP contribution in [0.15, 0.2) is 0 Å². The van der Waals surface area contributed by atoms with E-state index in [4.69, 9.17) is 11.6 Å². The molecule has 0 aliphatic heterocycles. The Balaban J connectivity index is 2.66. The Hall–Kier alpha value is 0.200. The zero-order valence-corrected chi connectivity index (χ0v) is 10.3. The van der Waals surface area contributed by atoms with Gasteiger partial charge in [-0.25, -0.2) is 8.42 Å². The minimum atomic E-state index is -3.10. The lowest BCUT2D eigenvalue weighted by atomic mass is 10.2. The van der Waals surface area contributed by atoms with Crippen molar-refractivity contribution in [2.75, 3.05) is 18.2 Å². The van der Waals surface area contributed by atoms with Gasteiger partial charge in [0.1, 0.15) is 0 Å². The molecule has 5 heteroatoms. The van der Waals surface area contributed by atoms with E-state index in [0.29, 0.717) is 12.5 Å². The van der Waals surface area contributed by atoms with Crippen LogP contribution in [0.2, 0.25) is 0 Å². The second-order valence-corrected chi connectivity index (χ2v) is 6.62. The molecule has 1 aliphatic rings. The van der Waals surface area contributed by atoms with Crippen molar-refractivity contribution in [3.05, 3.63) is 0 Å². The summed E-state index contributed by atoms with van der Waals surface area (Å²) in [5.41, 5.74) is 0. The fourth-order valence-corrected chi connectivity index (χ4v) is 3.63. The van der Waals surface area contributed by atoms with Crippen LogP contribution in [0.3, 0.4) is 0 Å². The summed E-state index contributed by atoms with van der Waals surface area (Å²) < 4.78 is 25.2. The Morgan fingerprint density at radius 1 is 1.43 bits per heavy atom. The highest BCUT2D eigenvalue weighted by Crippen LogP contribution is 2.30. The maximum atomic E-state index is 11.8. The van der Waals surface area contributed by atoms with Gasteiger partial charge >= 0.3 is 0 Å². The van der Waals surface area contributed by atoms with E-state index in [1.807, 2.05) is 13.8 Å². The van der Waals surface area contributed by atoms with Gasteiger partial charge in [0.05, 0.1) is 5.75 Å². The van der Waals surface area contributed by atoms with E-state index in [1.54, 1.807) is 4.31 Å². The summed E-state index contributed by atoms with van der Waals surface area (Å²) in [5.74, 6) is 0.627. The number of halogens is 1. The first-order chi connectivity index (χ1) is 6.47. The molecular weight excluding hydrogens is 222 g/mol. The molecule has 0 N–H and O–H groups in total. The normalized spacial score (nSPS) is 18.1. The Morgan fingerprint density at radius 3 is 2.36 bits per heavy atom. The largest absolute Gasteiger partial charge is 0.215 e. The van der Waals surface area contributed by atoms with Crippen LogP contribution in [0.25, 0.3) is 0 Å². The van der Waals surface area contributed by atoms with Crippen LogP contribution >= 0.6 is 11.6 Å². The fraction of sp³-hybridized carbons (Fsp3) is 1.00. The maximum Gasteiger partial charge on any atom is 0.215 e. The Kier molecular flexibility index (Phi) is 4.22. The van der Waals surface area contributed by atoms with Crippen LogP contribution in [0.4, 0.5) is 0 Å². The number of sulfonamides is 1. The van der Waals surface area contributed by atoms with Crippen molar-refractivity contribution in [3.8, 4) is 0 Å². The monoisotopic (exact) mass is 239 g/mol. The van der Waals surface area contributed by atoms with Crippen molar-refractivity contribution in [3.63, 3.8) is 0 Å². The molecule has 0 saturated heterocycles. The number of hydrogen-bond acceptors (Lipinski definition) is 2. The third-order valence-electron chi connectivity index (χ3n) is 2.19. The van der Waals surface area contributed by atoms with E-state index < -0.39 is 10.0 Å². The lowest BCUT2D eigenvalue weighted by molar-refractivity contribution is 0.361. The summed E-state index contributed by atoms with van der Waals surface area (Å²) in [6.45, 7) is 4.70. The quantitative estimate of drug-likeness (QED) is 0.662. The van der Waals surface area contributed by atoms with Crippen molar-refractivity contribution in [2.24, 2.45) is 5.92 Å². The summed E-state index contributed by atoms with van der Waals surface area (Å²) in [6, 6.07) is 0.255. The van der Waals surface area contributed by atoms with Crippen LogP contribution in [-0.4, -0.2) is 36.9 Å². The van der Waals surface area contributed by atoms with Gasteiger partial charge in [-0.2, -0.15) is 4.31 Å². The molecule has 84 valence electrons. The number of hydrogen-bond donors (Lipinski definition) is 0. The molecule has 0 aromatic carbocycles. The zero-order chi connectivity index (χ0) is 10.8. The van der Waals surface area contributed by atoms with Crippen molar-refractivity contribution in [1.82, 2.24) is 4.31 Å². The smallest absolute Gasteiger partial charge is 0.212 e. The molecule has 14 heavy (non-hydrogen) atoms. The fourth-order valence-electron chi connectivity index (χ4n) is 1.43. The van der Waals surface area contributed by atoms with Gasteiger partial charge in [0.2, 0.25) is 10.0 Å². The van der Waals surface area contributed by atoms with Crippen molar-refractivity contribution < 1.29 is 8.42 Å². The molecule has 1 fully saturated rings. The van der Waals surface area contributed by atoms with Gasteiger partial charge < -0.3 is 0 Å². The topological polar surface area (TPSA) is 37.4 Å². The van der Waals surface area contributed by atoms with Gasteiger partial charge in [0, 0.05) is 18.5 Å². The average molecular weight is 240 g/mol. The molecule has 0 aromatic rings. The Bertz CT molecular complexity index is 273. The molecule has 0 aromatic heterocycles. The second-order valence-electron chi connectivity index (χ2n) is 4.20. The summed E-state index contributed by atoms with van der Waals surface area (Å²) in [5, 5.41) is 0. The van der Waals surface area contributed by atoms with Gasteiger partial charge in [-0.3, -0.25) is 0 Å².